The van der Waals surface area contributed by atoms with Crippen LogP contribution in [-0.2, 0) is 6.54 Å². The summed E-state index contributed by atoms with van der Waals surface area (Å²) in [6.07, 6.45) is 5.36. The highest BCUT2D eigenvalue weighted by Gasteiger charge is 2.18. The van der Waals surface area contributed by atoms with Gasteiger partial charge in [0.2, 0.25) is 0 Å². The number of methoxy groups -OCH3 is 1. The van der Waals surface area contributed by atoms with Crippen LogP contribution in [0.1, 0.15) is 21.7 Å². The van der Waals surface area contributed by atoms with Gasteiger partial charge in [-0.3, -0.25) is 9.78 Å². The lowest BCUT2D eigenvalue weighted by Crippen LogP contribution is -2.31. The molecule has 0 atom stereocenters. The third kappa shape index (κ3) is 4.07. The summed E-state index contributed by atoms with van der Waals surface area (Å²) in [4.78, 5) is 18.5. The summed E-state index contributed by atoms with van der Waals surface area (Å²) in [6.45, 7) is 2.29. The van der Waals surface area contributed by atoms with E-state index >= 15 is 0 Å². The van der Waals surface area contributed by atoms with E-state index in [0.29, 0.717) is 5.56 Å². The number of halogens is 1. The molecular weight excluding hydrogens is 295 g/mol. The average Bonchev–Trinajstić information content (AvgIpc) is 2.54. The third-order valence-electron chi connectivity index (χ3n) is 3.27. The molecule has 0 aliphatic carbocycles. The van der Waals surface area contributed by atoms with Crippen molar-refractivity contribution in [2.45, 2.75) is 13.5 Å². The number of carbonyl (C=O) groups is 1. The molecule has 1 aromatic carbocycles. The van der Waals surface area contributed by atoms with Gasteiger partial charge in [0.25, 0.3) is 5.91 Å². The SMILES string of the molecule is C#CCN(Cc1cccc(C)n1)C(=O)c1ccc(F)c(OC)c1. The van der Waals surface area contributed by atoms with Crippen molar-refractivity contribution in [2.75, 3.05) is 13.7 Å². The predicted octanol–water partition coefficient (Wildman–Crippen LogP) is 2.81. The number of amides is 1. The Bertz CT molecular complexity index is 753. The van der Waals surface area contributed by atoms with Crippen LogP contribution in [0.4, 0.5) is 4.39 Å². The molecule has 0 spiro atoms. The molecule has 0 bridgehead atoms. The predicted molar refractivity (Wildman–Crippen MR) is 85.5 cm³/mol. The Morgan fingerprint density at radius 1 is 1.39 bits per heavy atom. The van der Waals surface area contributed by atoms with Gasteiger partial charge in [-0.15, -0.1) is 6.42 Å². The normalized spacial score (nSPS) is 10.0. The number of hydrogen-bond acceptors (Lipinski definition) is 3. The first-order valence-corrected chi connectivity index (χ1v) is 7.04. The number of rotatable bonds is 5. The van der Waals surface area contributed by atoms with Crippen molar-refractivity contribution < 1.29 is 13.9 Å². The molecule has 0 N–H and O–H groups in total. The number of hydrogen-bond donors (Lipinski definition) is 0. The highest BCUT2D eigenvalue weighted by atomic mass is 19.1. The fourth-order valence-corrected chi connectivity index (χ4v) is 2.17. The molecule has 4 nitrogen and oxygen atoms in total. The minimum Gasteiger partial charge on any atom is -0.494 e. The molecule has 0 saturated heterocycles. The Balaban J connectivity index is 2.26. The number of aromatic nitrogens is 1. The summed E-state index contributed by atoms with van der Waals surface area (Å²) in [6, 6.07) is 9.55. The van der Waals surface area contributed by atoms with Gasteiger partial charge < -0.3 is 9.64 Å². The molecule has 118 valence electrons. The number of terminal acetylenes is 1. The lowest BCUT2D eigenvalue weighted by molar-refractivity contribution is 0.0763. The minimum absolute atomic E-state index is 0.0187. The van der Waals surface area contributed by atoms with E-state index in [-0.39, 0.29) is 24.7 Å². The Morgan fingerprint density at radius 2 is 2.17 bits per heavy atom. The van der Waals surface area contributed by atoms with Gasteiger partial charge in [0.05, 0.1) is 25.9 Å². The van der Waals surface area contributed by atoms with Crippen molar-refractivity contribution in [1.29, 1.82) is 0 Å². The van der Waals surface area contributed by atoms with E-state index in [1.165, 1.54) is 30.2 Å². The van der Waals surface area contributed by atoms with E-state index in [0.717, 1.165) is 11.4 Å². The Hall–Kier alpha value is -2.87. The first kappa shape index (κ1) is 16.5. The van der Waals surface area contributed by atoms with Crippen molar-refractivity contribution in [3.63, 3.8) is 0 Å². The van der Waals surface area contributed by atoms with E-state index in [1.807, 2.05) is 25.1 Å². The maximum atomic E-state index is 13.5. The Morgan fingerprint density at radius 3 is 2.83 bits per heavy atom. The van der Waals surface area contributed by atoms with E-state index < -0.39 is 5.82 Å². The van der Waals surface area contributed by atoms with Crippen LogP contribution in [0.15, 0.2) is 36.4 Å². The number of carbonyl (C=O) groups excluding carboxylic acids is 1. The van der Waals surface area contributed by atoms with E-state index in [2.05, 4.69) is 10.9 Å². The molecule has 0 saturated carbocycles. The minimum atomic E-state index is -0.520. The first-order chi connectivity index (χ1) is 11.0. The lowest BCUT2D eigenvalue weighted by atomic mass is 10.1. The molecule has 1 heterocycles. The Labute approximate surface area is 134 Å². The van der Waals surface area contributed by atoms with Crippen LogP contribution in [-0.4, -0.2) is 29.4 Å². The van der Waals surface area contributed by atoms with Crippen molar-refractivity contribution in [3.05, 3.63) is 59.2 Å². The molecule has 1 aromatic heterocycles. The van der Waals surface area contributed by atoms with Gasteiger partial charge in [0, 0.05) is 11.3 Å². The third-order valence-corrected chi connectivity index (χ3v) is 3.27. The molecule has 2 rings (SSSR count). The monoisotopic (exact) mass is 312 g/mol. The number of benzene rings is 1. The van der Waals surface area contributed by atoms with Gasteiger partial charge in [-0.1, -0.05) is 12.0 Å². The zero-order chi connectivity index (χ0) is 16.8. The van der Waals surface area contributed by atoms with Crippen LogP contribution in [0, 0.1) is 25.1 Å². The number of pyridine rings is 1. The highest BCUT2D eigenvalue weighted by molar-refractivity contribution is 5.94. The van der Waals surface area contributed by atoms with Crippen molar-refractivity contribution >= 4 is 5.91 Å². The topological polar surface area (TPSA) is 42.4 Å². The fourth-order valence-electron chi connectivity index (χ4n) is 2.17. The van der Waals surface area contributed by atoms with E-state index in [9.17, 15) is 9.18 Å². The Kier molecular flexibility index (Phi) is 5.32. The molecule has 0 aliphatic heterocycles. The second kappa shape index (κ2) is 7.41. The largest absolute Gasteiger partial charge is 0.494 e. The summed E-state index contributed by atoms with van der Waals surface area (Å²) in [5, 5.41) is 0. The molecule has 0 radical (unpaired) electrons. The number of nitrogens with zero attached hydrogens (tertiary/aromatic N) is 2. The summed E-state index contributed by atoms with van der Waals surface area (Å²) in [5.41, 5.74) is 1.91. The maximum Gasteiger partial charge on any atom is 0.255 e. The smallest absolute Gasteiger partial charge is 0.255 e. The average molecular weight is 312 g/mol. The van der Waals surface area contributed by atoms with E-state index in [4.69, 9.17) is 11.2 Å². The molecule has 23 heavy (non-hydrogen) atoms. The van der Waals surface area contributed by atoms with Gasteiger partial charge in [0.15, 0.2) is 11.6 Å². The molecule has 2 aromatic rings. The van der Waals surface area contributed by atoms with Gasteiger partial charge in [-0.2, -0.15) is 0 Å². The van der Waals surface area contributed by atoms with E-state index in [1.54, 1.807) is 0 Å². The van der Waals surface area contributed by atoms with Crippen LogP contribution in [0.25, 0.3) is 0 Å². The summed E-state index contributed by atoms with van der Waals surface area (Å²) >= 11 is 0. The quantitative estimate of drug-likeness (QED) is 0.797. The van der Waals surface area contributed by atoms with Gasteiger partial charge in [0.1, 0.15) is 0 Å². The lowest BCUT2D eigenvalue weighted by Gasteiger charge is -2.20. The molecule has 5 heteroatoms. The molecule has 0 unspecified atom stereocenters. The molecule has 0 aliphatic rings. The van der Waals surface area contributed by atoms with Crippen LogP contribution >= 0.6 is 0 Å². The molecule has 1 amide bonds. The van der Waals surface area contributed by atoms with Crippen molar-refractivity contribution in [3.8, 4) is 18.1 Å². The van der Waals surface area contributed by atoms with Crippen LogP contribution in [0.2, 0.25) is 0 Å². The highest BCUT2D eigenvalue weighted by Crippen LogP contribution is 2.20. The van der Waals surface area contributed by atoms with Crippen LogP contribution in [0.3, 0.4) is 0 Å². The summed E-state index contributed by atoms with van der Waals surface area (Å²) in [7, 11) is 1.35. The summed E-state index contributed by atoms with van der Waals surface area (Å²) in [5.74, 6) is 1.66. The van der Waals surface area contributed by atoms with Crippen molar-refractivity contribution in [2.24, 2.45) is 0 Å². The molecule has 0 fully saturated rings. The van der Waals surface area contributed by atoms with Crippen LogP contribution in [0.5, 0.6) is 5.75 Å². The zero-order valence-corrected chi connectivity index (χ0v) is 13.0. The standard InChI is InChI=1S/C18H17FN2O2/c1-4-10-21(12-15-7-5-6-13(2)20-15)18(22)14-8-9-16(19)17(11-14)23-3/h1,5-9,11H,10,12H2,2-3H3. The fraction of sp³-hybridized carbons (Fsp3) is 0.222. The maximum absolute atomic E-state index is 13.5. The van der Waals surface area contributed by atoms with Gasteiger partial charge >= 0.3 is 0 Å². The van der Waals surface area contributed by atoms with Gasteiger partial charge in [-0.25, -0.2) is 4.39 Å². The summed E-state index contributed by atoms with van der Waals surface area (Å²) < 4.78 is 18.4. The number of ether oxygens (including phenoxy) is 1. The van der Waals surface area contributed by atoms with Gasteiger partial charge in [-0.05, 0) is 37.3 Å². The second-order valence-electron chi connectivity index (χ2n) is 4.98. The second-order valence-corrected chi connectivity index (χ2v) is 4.98. The number of aryl methyl sites for hydroxylation is 1. The first-order valence-electron chi connectivity index (χ1n) is 7.04. The molecular formula is C18H17FN2O2. The van der Waals surface area contributed by atoms with Crippen molar-refractivity contribution in [1.82, 2.24) is 9.88 Å². The zero-order valence-electron chi connectivity index (χ0n) is 13.0. The van der Waals surface area contributed by atoms with Crippen LogP contribution < -0.4 is 4.74 Å².